The van der Waals surface area contributed by atoms with Gasteiger partial charge in [0.15, 0.2) is 0 Å². The van der Waals surface area contributed by atoms with Crippen LogP contribution in [0, 0.1) is 5.82 Å². The quantitative estimate of drug-likeness (QED) is 0.839. The smallest absolute Gasteiger partial charge is 0.124 e. The molecule has 0 radical (unpaired) electrons. The first-order chi connectivity index (χ1) is 8.20. The molecular weight excluding hydrogens is 283 g/mol. The van der Waals surface area contributed by atoms with Crippen LogP contribution < -0.4 is 0 Å². The Balaban J connectivity index is 2.22. The van der Waals surface area contributed by atoms with Gasteiger partial charge in [-0.2, -0.15) is 0 Å². The van der Waals surface area contributed by atoms with Crippen LogP contribution in [0.15, 0.2) is 35.1 Å². The van der Waals surface area contributed by atoms with Crippen LogP contribution in [-0.4, -0.2) is 9.55 Å². The summed E-state index contributed by atoms with van der Waals surface area (Å²) in [5, 5.41) is 0. The third-order valence-corrected chi connectivity index (χ3v) is 3.37. The van der Waals surface area contributed by atoms with E-state index < -0.39 is 0 Å². The second-order valence-corrected chi connectivity index (χ2v) is 4.81. The van der Waals surface area contributed by atoms with Crippen LogP contribution >= 0.6 is 15.9 Å². The van der Waals surface area contributed by atoms with Crippen molar-refractivity contribution in [2.24, 2.45) is 0 Å². The SMILES string of the molecule is CCCc1nccn1Cc1ccc(F)cc1Br. The number of nitrogens with zero attached hydrogens (tertiary/aromatic N) is 2. The maximum atomic E-state index is 13.0. The van der Waals surface area contributed by atoms with E-state index >= 15 is 0 Å². The van der Waals surface area contributed by atoms with Gasteiger partial charge in [-0.15, -0.1) is 0 Å². The van der Waals surface area contributed by atoms with Crippen LogP contribution in [0.2, 0.25) is 0 Å². The van der Waals surface area contributed by atoms with Crippen LogP contribution in [0.25, 0.3) is 0 Å². The fourth-order valence-electron chi connectivity index (χ4n) is 1.77. The molecular formula is C13H14BrFN2. The summed E-state index contributed by atoms with van der Waals surface area (Å²) in [6.07, 6.45) is 5.80. The first kappa shape index (κ1) is 12.3. The van der Waals surface area contributed by atoms with Crippen molar-refractivity contribution in [3.8, 4) is 0 Å². The molecule has 0 saturated heterocycles. The first-order valence-corrected chi connectivity index (χ1v) is 6.44. The van der Waals surface area contributed by atoms with Gasteiger partial charge in [-0.05, 0) is 24.1 Å². The summed E-state index contributed by atoms with van der Waals surface area (Å²) in [6.45, 7) is 2.85. The lowest BCUT2D eigenvalue weighted by atomic mass is 10.2. The van der Waals surface area contributed by atoms with Crippen molar-refractivity contribution in [1.29, 1.82) is 0 Å². The highest BCUT2D eigenvalue weighted by molar-refractivity contribution is 9.10. The van der Waals surface area contributed by atoms with Crippen molar-refractivity contribution in [1.82, 2.24) is 9.55 Å². The van der Waals surface area contributed by atoms with Crippen LogP contribution in [0.5, 0.6) is 0 Å². The van der Waals surface area contributed by atoms with Gasteiger partial charge in [0, 0.05) is 29.8 Å². The van der Waals surface area contributed by atoms with E-state index in [2.05, 4.69) is 32.4 Å². The van der Waals surface area contributed by atoms with Crippen molar-refractivity contribution in [2.75, 3.05) is 0 Å². The van der Waals surface area contributed by atoms with E-state index in [-0.39, 0.29) is 5.82 Å². The molecule has 90 valence electrons. The molecule has 0 N–H and O–H groups in total. The van der Waals surface area contributed by atoms with E-state index in [1.54, 1.807) is 6.07 Å². The van der Waals surface area contributed by atoms with Gasteiger partial charge in [-0.25, -0.2) is 9.37 Å². The molecule has 17 heavy (non-hydrogen) atoms. The third-order valence-electron chi connectivity index (χ3n) is 2.63. The molecule has 0 amide bonds. The average molecular weight is 297 g/mol. The van der Waals surface area contributed by atoms with Crippen molar-refractivity contribution in [3.63, 3.8) is 0 Å². The third kappa shape index (κ3) is 2.94. The number of rotatable bonds is 4. The molecule has 4 heteroatoms. The van der Waals surface area contributed by atoms with Crippen molar-refractivity contribution in [2.45, 2.75) is 26.3 Å². The number of aryl methyl sites for hydroxylation is 1. The maximum absolute atomic E-state index is 13.0. The van der Waals surface area contributed by atoms with Gasteiger partial charge in [0.1, 0.15) is 11.6 Å². The molecule has 1 heterocycles. The normalized spacial score (nSPS) is 10.8. The highest BCUT2D eigenvalue weighted by Crippen LogP contribution is 2.19. The van der Waals surface area contributed by atoms with Gasteiger partial charge in [0.2, 0.25) is 0 Å². The van der Waals surface area contributed by atoms with E-state index in [4.69, 9.17) is 0 Å². The van der Waals surface area contributed by atoms with Gasteiger partial charge >= 0.3 is 0 Å². The topological polar surface area (TPSA) is 17.8 Å². The minimum absolute atomic E-state index is 0.222. The molecule has 0 aliphatic heterocycles. The largest absolute Gasteiger partial charge is 0.330 e. The van der Waals surface area contributed by atoms with Crippen LogP contribution in [-0.2, 0) is 13.0 Å². The van der Waals surface area contributed by atoms with E-state index in [0.717, 1.165) is 35.2 Å². The molecule has 0 saturated carbocycles. The van der Waals surface area contributed by atoms with E-state index in [0.29, 0.717) is 0 Å². The van der Waals surface area contributed by atoms with E-state index in [1.165, 1.54) is 12.1 Å². The number of halogens is 2. The lowest BCUT2D eigenvalue weighted by molar-refractivity contribution is 0.624. The molecule has 0 atom stereocenters. The Morgan fingerprint density at radius 2 is 2.24 bits per heavy atom. The zero-order valence-corrected chi connectivity index (χ0v) is 11.2. The Bertz CT molecular complexity index is 508. The molecule has 0 fully saturated rings. The number of imidazole rings is 1. The van der Waals surface area contributed by atoms with Crippen LogP contribution in [0.1, 0.15) is 24.7 Å². The Morgan fingerprint density at radius 3 is 2.94 bits per heavy atom. The van der Waals surface area contributed by atoms with Gasteiger partial charge in [0.25, 0.3) is 0 Å². The predicted molar refractivity (Wildman–Crippen MR) is 69.4 cm³/mol. The van der Waals surface area contributed by atoms with Gasteiger partial charge in [-0.3, -0.25) is 0 Å². The standard InChI is InChI=1S/C13H14BrFN2/c1-2-3-13-16-6-7-17(13)9-10-4-5-11(15)8-12(10)14/h4-8H,2-3,9H2,1H3. The number of aromatic nitrogens is 2. The fourth-order valence-corrected chi connectivity index (χ4v) is 2.25. The number of benzene rings is 1. The van der Waals surface area contributed by atoms with Crippen molar-refractivity contribution in [3.05, 3.63) is 52.3 Å². The first-order valence-electron chi connectivity index (χ1n) is 5.64. The minimum Gasteiger partial charge on any atom is -0.330 e. The Kier molecular flexibility index (Phi) is 3.94. The minimum atomic E-state index is -0.222. The van der Waals surface area contributed by atoms with Crippen LogP contribution in [0.3, 0.4) is 0 Å². The van der Waals surface area contributed by atoms with Crippen LogP contribution in [0.4, 0.5) is 4.39 Å². The molecule has 1 aromatic carbocycles. The molecule has 0 aliphatic rings. The summed E-state index contributed by atoms with van der Waals surface area (Å²) >= 11 is 3.38. The average Bonchev–Trinajstić information content (AvgIpc) is 2.71. The summed E-state index contributed by atoms with van der Waals surface area (Å²) in [4.78, 5) is 4.32. The van der Waals surface area contributed by atoms with Gasteiger partial charge in [-0.1, -0.05) is 28.9 Å². The van der Waals surface area contributed by atoms with Crippen molar-refractivity contribution >= 4 is 15.9 Å². The summed E-state index contributed by atoms with van der Waals surface area (Å²) in [5.41, 5.74) is 1.06. The molecule has 0 spiro atoms. The molecule has 0 bridgehead atoms. The summed E-state index contributed by atoms with van der Waals surface area (Å²) < 4.78 is 15.9. The predicted octanol–water partition coefficient (Wildman–Crippen LogP) is 3.79. The lowest BCUT2D eigenvalue weighted by Crippen LogP contribution is -2.04. The van der Waals surface area contributed by atoms with E-state index in [9.17, 15) is 4.39 Å². The number of hydrogen-bond acceptors (Lipinski definition) is 1. The van der Waals surface area contributed by atoms with E-state index in [1.807, 2.05) is 12.4 Å². The molecule has 0 unspecified atom stereocenters. The Hall–Kier alpha value is -1.16. The summed E-state index contributed by atoms with van der Waals surface area (Å²) in [6, 6.07) is 4.78. The Labute approximate surface area is 109 Å². The molecule has 2 aromatic rings. The second kappa shape index (κ2) is 5.45. The Morgan fingerprint density at radius 1 is 1.41 bits per heavy atom. The fraction of sp³-hybridized carbons (Fsp3) is 0.308. The second-order valence-electron chi connectivity index (χ2n) is 3.96. The molecule has 2 nitrogen and oxygen atoms in total. The van der Waals surface area contributed by atoms with Crippen molar-refractivity contribution < 1.29 is 4.39 Å². The highest BCUT2D eigenvalue weighted by atomic mass is 79.9. The summed E-state index contributed by atoms with van der Waals surface area (Å²) in [7, 11) is 0. The maximum Gasteiger partial charge on any atom is 0.124 e. The molecule has 2 rings (SSSR count). The molecule has 0 aliphatic carbocycles. The highest BCUT2D eigenvalue weighted by Gasteiger charge is 2.06. The zero-order chi connectivity index (χ0) is 12.3. The lowest BCUT2D eigenvalue weighted by Gasteiger charge is -2.09. The zero-order valence-electron chi connectivity index (χ0n) is 9.66. The molecule has 1 aromatic heterocycles. The number of hydrogen-bond donors (Lipinski definition) is 0. The van der Waals surface area contributed by atoms with Gasteiger partial charge < -0.3 is 4.57 Å². The van der Waals surface area contributed by atoms with Gasteiger partial charge in [0.05, 0.1) is 0 Å². The monoisotopic (exact) mass is 296 g/mol. The summed E-state index contributed by atoms with van der Waals surface area (Å²) in [5.74, 6) is 0.851.